The van der Waals surface area contributed by atoms with Gasteiger partial charge >= 0.3 is 0 Å². The Morgan fingerprint density at radius 3 is 3.07 bits per heavy atom. The highest BCUT2D eigenvalue weighted by Gasteiger charge is 2.00. The topological polar surface area (TPSA) is 110 Å². The number of unbranched alkanes of at least 4 members (excludes halogenated alkanes) is 1. The van der Waals surface area contributed by atoms with Gasteiger partial charge in [-0.1, -0.05) is 0 Å². The number of hydrogen-bond acceptors (Lipinski definition) is 5. The van der Waals surface area contributed by atoms with Crippen molar-refractivity contribution in [2.45, 2.75) is 25.8 Å². The summed E-state index contributed by atoms with van der Waals surface area (Å²) in [7, 11) is 0. The Morgan fingerprint density at radius 2 is 2.47 bits per heavy atom. The molecule has 0 fully saturated rings. The van der Waals surface area contributed by atoms with Gasteiger partial charge in [0.25, 0.3) is 5.82 Å². The maximum absolute atomic E-state index is 10.8. The summed E-state index contributed by atoms with van der Waals surface area (Å²) < 4.78 is 1.58. The summed E-state index contributed by atoms with van der Waals surface area (Å²) in [6, 6.07) is 1.84. The fraction of sp³-hybridized carbons (Fsp3) is 0.500. The smallest absolute Gasteiger partial charge is 0.252 e. The van der Waals surface area contributed by atoms with Crippen LogP contribution in [-0.4, -0.2) is 20.7 Å². The lowest BCUT2D eigenvalue weighted by Gasteiger charge is -2.00. The second kappa shape index (κ2) is 5.72. The number of nitrogens with one attached hydrogen (secondary N) is 1. The molecule has 0 saturated heterocycles. The van der Waals surface area contributed by atoms with Crippen LogP contribution in [0.5, 0.6) is 0 Å². The molecule has 1 amide bonds. The molecule has 15 heavy (non-hydrogen) atoms. The molecule has 0 aliphatic rings. The molecular formula is C8H12N6O. The van der Waals surface area contributed by atoms with Crippen molar-refractivity contribution in [3.8, 4) is 6.07 Å². The molecule has 3 N–H and O–H groups in total. The average Bonchev–Trinajstić information content (AvgIpc) is 2.72. The van der Waals surface area contributed by atoms with Crippen LogP contribution in [0.1, 0.15) is 25.1 Å². The average molecular weight is 208 g/mol. The number of aromatic nitrogens is 3. The third kappa shape index (κ3) is 3.74. The largest absolute Gasteiger partial charge is 0.294 e. The van der Waals surface area contributed by atoms with E-state index in [0.29, 0.717) is 13.0 Å². The Hall–Kier alpha value is -1.94. The quantitative estimate of drug-likeness (QED) is 0.288. The zero-order valence-electron chi connectivity index (χ0n) is 8.18. The van der Waals surface area contributed by atoms with E-state index in [1.54, 1.807) is 4.68 Å². The number of amides is 1. The molecule has 7 heteroatoms. The molecule has 7 nitrogen and oxygen atoms in total. The molecule has 0 atom stereocenters. The Kier molecular flexibility index (Phi) is 4.25. The van der Waals surface area contributed by atoms with Crippen LogP contribution in [0.15, 0.2) is 6.33 Å². The van der Waals surface area contributed by atoms with Gasteiger partial charge in [-0.25, -0.2) is 10.8 Å². The fourth-order valence-electron chi connectivity index (χ4n) is 1.09. The fourth-order valence-corrected chi connectivity index (χ4v) is 1.09. The molecule has 0 bridgehead atoms. The van der Waals surface area contributed by atoms with Crippen molar-refractivity contribution in [1.82, 2.24) is 20.2 Å². The van der Waals surface area contributed by atoms with Crippen LogP contribution in [0, 0.1) is 11.3 Å². The van der Waals surface area contributed by atoms with E-state index in [-0.39, 0.29) is 11.7 Å². The number of nitriles is 1. The van der Waals surface area contributed by atoms with Gasteiger partial charge in [0.2, 0.25) is 5.91 Å². The summed E-state index contributed by atoms with van der Waals surface area (Å²) in [6.07, 6.45) is 3.42. The van der Waals surface area contributed by atoms with E-state index >= 15 is 0 Å². The number of nitrogens with two attached hydrogens (primary N) is 1. The van der Waals surface area contributed by atoms with Gasteiger partial charge < -0.3 is 0 Å². The number of carbonyl (C=O) groups excluding carboxylic acids is 1. The molecule has 1 heterocycles. The van der Waals surface area contributed by atoms with Crippen molar-refractivity contribution in [3.05, 3.63) is 12.2 Å². The molecule has 0 unspecified atom stereocenters. The minimum atomic E-state index is -0.175. The van der Waals surface area contributed by atoms with Crippen molar-refractivity contribution in [1.29, 1.82) is 5.26 Å². The highest BCUT2D eigenvalue weighted by molar-refractivity contribution is 5.74. The number of aryl methyl sites for hydroxylation is 1. The molecule has 80 valence electrons. The molecule has 0 spiro atoms. The Labute approximate surface area is 86.9 Å². The van der Waals surface area contributed by atoms with E-state index in [0.717, 1.165) is 12.8 Å². The summed E-state index contributed by atoms with van der Waals surface area (Å²) >= 11 is 0. The monoisotopic (exact) mass is 208 g/mol. The molecule has 0 saturated carbocycles. The molecule has 1 rings (SSSR count). The third-order valence-electron chi connectivity index (χ3n) is 1.84. The second-order valence-electron chi connectivity index (χ2n) is 2.97. The van der Waals surface area contributed by atoms with Crippen LogP contribution in [0.2, 0.25) is 0 Å². The first kappa shape index (κ1) is 11.1. The molecule has 0 aliphatic carbocycles. The SMILES string of the molecule is N#Cc1ncn(CCCCC(=O)NN)n1. The standard InChI is InChI=1S/C8H12N6O/c9-5-7-11-6-14(13-7)4-2-1-3-8(15)12-10/h6H,1-4,10H2,(H,12,15). The van der Waals surface area contributed by atoms with Crippen molar-refractivity contribution < 1.29 is 4.79 Å². The molecule has 0 aromatic carbocycles. The zero-order valence-corrected chi connectivity index (χ0v) is 8.18. The minimum Gasteiger partial charge on any atom is -0.294 e. The Bertz CT molecular complexity index is 365. The Balaban J connectivity index is 2.21. The molecule has 0 aliphatic heterocycles. The van der Waals surface area contributed by atoms with E-state index < -0.39 is 0 Å². The molecule has 1 aromatic rings. The summed E-state index contributed by atoms with van der Waals surface area (Å²) in [5, 5.41) is 12.4. The molecular weight excluding hydrogens is 196 g/mol. The summed E-state index contributed by atoms with van der Waals surface area (Å²) in [5.41, 5.74) is 2.06. The normalized spacial score (nSPS) is 9.60. The second-order valence-corrected chi connectivity index (χ2v) is 2.97. The van der Waals surface area contributed by atoms with Gasteiger partial charge in [0.05, 0.1) is 0 Å². The molecule has 0 radical (unpaired) electrons. The van der Waals surface area contributed by atoms with Crippen molar-refractivity contribution in [2.75, 3.05) is 0 Å². The predicted octanol–water partition coefficient (Wildman–Crippen LogP) is -0.690. The first-order valence-corrected chi connectivity index (χ1v) is 4.55. The van der Waals surface area contributed by atoms with Gasteiger partial charge in [-0.05, 0) is 12.8 Å². The van der Waals surface area contributed by atoms with Crippen molar-refractivity contribution in [3.63, 3.8) is 0 Å². The van der Waals surface area contributed by atoms with E-state index in [2.05, 4.69) is 15.5 Å². The first-order chi connectivity index (χ1) is 7.26. The van der Waals surface area contributed by atoms with Gasteiger partial charge in [-0.2, -0.15) is 5.26 Å². The van der Waals surface area contributed by atoms with Crippen molar-refractivity contribution in [2.24, 2.45) is 5.84 Å². The van der Waals surface area contributed by atoms with E-state index in [9.17, 15) is 4.79 Å². The Morgan fingerprint density at radius 1 is 1.67 bits per heavy atom. The number of hydrogen-bond donors (Lipinski definition) is 2. The van der Waals surface area contributed by atoms with Crippen LogP contribution < -0.4 is 11.3 Å². The maximum atomic E-state index is 10.8. The lowest BCUT2D eigenvalue weighted by molar-refractivity contribution is -0.121. The summed E-state index contributed by atoms with van der Waals surface area (Å²) in [6.45, 7) is 0.645. The zero-order chi connectivity index (χ0) is 11.1. The van der Waals surface area contributed by atoms with Crippen molar-refractivity contribution >= 4 is 5.91 Å². The van der Waals surface area contributed by atoms with E-state index in [1.807, 2.05) is 6.07 Å². The highest BCUT2D eigenvalue weighted by Crippen LogP contribution is 1.98. The van der Waals surface area contributed by atoms with Crippen LogP contribution in [0.3, 0.4) is 0 Å². The predicted molar refractivity (Wildman–Crippen MR) is 50.9 cm³/mol. The summed E-state index contributed by atoms with van der Waals surface area (Å²) in [4.78, 5) is 14.5. The van der Waals surface area contributed by atoms with E-state index in [4.69, 9.17) is 11.1 Å². The highest BCUT2D eigenvalue weighted by atomic mass is 16.2. The summed E-state index contributed by atoms with van der Waals surface area (Å²) in [5.74, 6) is 4.91. The number of rotatable bonds is 5. The van der Waals surface area contributed by atoms with Gasteiger partial charge in [-0.15, -0.1) is 5.10 Å². The number of carbonyl (C=O) groups is 1. The third-order valence-corrected chi connectivity index (χ3v) is 1.84. The number of hydrazine groups is 1. The minimum absolute atomic E-state index is 0.162. The van der Waals surface area contributed by atoms with Crippen LogP contribution in [0.4, 0.5) is 0 Å². The van der Waals surface area contributed by atoms with Crippen LogP contribution >= 0.6 is 0 Å². The number of nitrogens with zero attached hydrogens (tertiary/aromatic N) is 4. The maximum Gasteiger partial charge on any atom is 0.252 e. The van der Waals surface area contributed by atoms with Gasteiger partial charge in [-0.3, -0.25) is 14.9 Å². The first-order valence-electron chi connectivity index (χ1n) is 4.55. The van der Waals surface area contributed by atoms with E-state index in [1.165, 1.54) is 6.33 Å². The molecule has 1 aromatic heterocycles. The lowest BCUT2D eigenvalue weighted by atomic mass is 10.2. The lowest BCUT2D eigenvalue weighted by Crippen LogP contribution is -2.29. The van der Waals surface area contributed by atoms with Gasteiger partial charge in [0.15, 0.2) is 0 Å². The van der Waals surface area contributed by atoms with Gasteiger partial charge in [0, 0.05) is 13.0 Å². The van der Waals surface area contributed by atoms with Crippen LogP contribution in [-0.2, 0) is 11.3 Å². The van der Waals surface area contributed by atoms with Gasteiger partial charge in [0.1, 0.15) is 12.4 Å². The van der Waals surface area contributed by atoms with Crippen LogP contribution in [0.25, 0.3) is 0 Å².